The van der Waals surface area contributed by atoms with Gasteiger partial charge in [-0.15, -0.1) is 0 Å². The quantitative estimate of drug-likeness (QED) is 0.585. The Morgan fingerprint density at radius 1 is 1.00 bits per heavy atom. The molecule has 0 fully saturated rings. The maximum Gasteiger partial charge on any atom is 0.339 e. The summed E-state index contributed by atoms with van der Waals surface area (Å²) in [5.74, 6) is -1.26. The Kier molecular flexibility index (Phi) is 5.66. The van der Waals surface area contributed by atoms with Crippen LogP contribution in [0.5, 0.6) is 5.75 Å². The van der Waals surface area contributed by atoms with Gasteiger partial charge in [0.05, 0.1) is 0 Å². The lowest BCUT2D eigenvalue weighted by Gasteiger charge is -2.25. The molecule has 0 bridgehead atoms. The van der Waals surface area contributed by atoms with E-state index in [1.807, 2.05) is 19.6 Å². The van der Waals surface area contributed by atoms with E-state index in [2.05, 4.69) is 0 Å². The molecule has 0 aliphatic carbocycles. The second-order valence-corrected chi connectivity index (χ2v) is 12.3. The fraction of sp³-hybridized carbons (Fsp3) is 0.235. The van der Waals surface area contributed by atoms with E-state index in [0.29, 0.717) is 0 Å². The summed E-state index contributed by atoms with van der Waals surface area (Å²) in [5.41, 5.74) is 0.164. The minimum atomic E-state index is -4.08. The van der Waals surface area contributed by atoms with Crippen LogP contribution in [0.4, 0.5) is 0 Å². The molecule has 134 valence electrons. The first-order chi connectivity index (χ1) is 11.6. The van der Waals surface area contributed by atoms with Gasteiger partial charge >= 0.3 is 16.1 Å². The Morgan fingerprint density at radius 2 is 1.56 bits per heavy atom. The third-order valence-electron chi connectivity index (χ3n) is 3.13. The SMILES string of the molecule is C[Si](C)(C)OC(C(=O)O)c1ccccc1OS(=O)(=O)c1ccccc1. The van der Waals surface area contributed by atoms with Gasteiger partial charge in [0.2, 0.25) is 0 Å². The average molecular weight is 380 g/mol. The number of para-hydroxylation sites is 1. The molecule has 25 heavy (non-hydrogen) atoms. The highest BCUT2D eigenvalue weighted by atomic mass is 32.2. The molecule has 8 heteroatoms. The molecular formula is C17H20O6SSi. The normalized spacial score (nSPS) is 13.2. The molecule has 1 atom stereocenters. The lowest BCUT2D eigenvalue weighted by atomic mass is 10.1. The Morgan fingerprint density at radius 3 is 2.12 bits per heavy atom. The molecule has 0 heterocycles. The van der Waals surface area contributed by atoms with Crippen molar-refractivity contribution < 1.29 is 26.9 Å². The molecule has 0 aliphatic rings. The third-order valence-corrected chi connectivity index (χ3v) is 5.32. The van der Waals surface area contributed by atoms with Crippen LogP contribution in [-0.2, 0) is 19.3 Å². The lowest BCUT2D eigenvalue weighted by Crippen LogP contribution is -2.31. The summed E-state index contributed by atoms with van der Waals surface area (Å²) in [7, 11) is -6.27. The van der Waals surface area contributed by atoms with Crippen LogP contribution in [0.3, 0.4) is 0 Å². The monoisotopic (exact) mass is 380 g/mol. The second-order valence-electron chi connectivity index (χ2n) is 6.34. The molecule has 0 aliphatic heterocycles. The Balaban J connectivity index is 2.42. The summed E-state index contributed by atoms with van der Waals surface area (Å²) in [4.78, 5) is 11.6. The average Bonchev–Trinajstić information content (AvgIpc) is 2.53. The van der Waals surface area contributed by atoms with E-state index in [9.17, 15) is 18.3 Å². The fourth-order valence-electron chi connectivity index (χ4n) is 2.13. The maximum atomic E-state index is 12.4. The summed E-state index contributed by atoms with van der Waals surface area (Å²) >= 11 is 0. The molecular weight excluding hydrogens is 360 g/mol. The van der Waals surface area contributed by atoms with E-state index < -0.39 is 30.5 Å². The van der Waals surface area contributed by atoms with Gasteiger partial charge in [0.15, 0.2) is 14.4 Å². The van der Waals surface area contributed by atoms with E-state index in [0.717, 1.165) is 0 Å². The molecule has 0 aromatic heterocycles. The van der Waals surface area contributed by atoms with Gasteiger partial charge < -0.3 is 13.7 Å². The predicted octanol–water partition coefficient (Wildman–Crippen LogP) is 3.43. The predicted molar refractivity (Wildman–Crippen MR) is 95.5 cm³/mol. The fourth-order valence-corrected chi connectivity index (χ4v) is 4.04. The van der Waals surface area contributed by atoms with Gasteiger partial charge in [-0.25, -0.2) is 4.79 Å². The van der Waals surface area contributed by atoms with Gasteiger partial charge in [0, 0.05) is 5.56 Å². The summed E-state index contributed by atoms with van der Waals surface area (Å²) in [5, 5.41) is 9.52. The number of carboxylic acids is 1. The van der Waals surface area contributed by atoms with Gasteiger partial charge in [-0.3, -0.25) is 0 Å². The number of hydrogen-bond donors (Lipinski definition) is 1. The number of carboxylic acid groups (broad SMARTS) is 1. The Bertz CT molecular complexity index is 843. The largest absolute Gasteiger partial charge is 0.479 e. The molecule has 2 aromatic carbocycles. The minimum Gasteiger partial charge on any atom is -0.479 e. The van der Waals surface area contributed by atoms with Gasteiger partial charge in [0.1, 0.15) is 10.6 Å². The summed E-state index contributed by atoms with van der Waals surface area (Å²) in [6.45, 7) is 5.56. The summed E-state index contributed by atoms with van der Waals surface area (Å²) in [6.07, 6.45) is -1.30. The number of aliphatic carboxylic acids is 1. The molecule has 0 radical (unpaired) electrons. The van der Waals surface area contributed by atoms with Crippen molar-refractivity contribution in [3.63, 3.8) is 0 Å². The smallest absolute Gasteiger partial charge is 0.339 e. The van der Waals surface area contributed by atoms with Crippen molar-refractivity contribution in [1.82, 2.24) is 0 Å². The van der Waals surface area contributed by atoms with Crippen molar-refractivity contribution in [1.29, 1.82) is 0 Å². The molecule has 0 amide bonds. The topological polar surface area (TPSA) is 89.9 Å². The van der Waals surface area contributed by atoms with Crippen LogP contribution >= 0.6 is 0 Å². The van der Waals surface area contributed by atoms with E-state index in [4.69, 9.17) is 8.61 Å². The van der Waals surface area contributed by atoms with Crippen LogP contribution in [0.15, 0.2) is 59.5 Å². The molecule has 0 saturated carbocycles. The van der Waals surface area contributed by atoms with Crippen LogP contribution in [-0.4, -0.2) is 27.8 Å². The van der Waals surface area contributed by atoms with Crippen molar-refractivity contribution in [2.75, 3.05) is 0 Å². The third kappa shape index (κ3) is 5.15. The number of carbonyl (C=O) groups is 1. The number of benzene rings is 2. The molecule has 0 spiro atoms. The van der Waals surface area contributed by atoms with Gasteiger partial charge in [-0.1, -0.05) is 36.4 Å². The van der Waals surface area contributed by atoms with E-state index >= 15 is 0 Å². The van der Waals surface area contributed by atoms with Crippen molar-refractivity contribution in [2.45, 2.75) is 30.6 Å². The van der Waals surface area contributed by atoms with Crippen molar-refractivity contribution in [2.24, 2.45) is 0 Å². The van der Waals surface area contributed by atoms with E-state index in [1.54, 1.807) is 30.3 Å². The van der Waals surface area contributed by atoms with E-state index in [-0.39, 0.29) is 16.2 Å². The molecule has 6 nitrogen and oxygen atoms in total. The van der Waals surface area contributed by atoms with Gasteiger partial charge in [-0.05, 0) is 37.8 Å². The van der Waals surface area contributed by atoms with Crippen molar-refractivity contribution in [3.05, 3.63) is 60.2 Å². The van der Waals surface area contributed by atoms with Crippen LogP contribution in [0, 0.1) is 0 Å². The molecule has 0 saturated heterocycles. The first-order valence-corrected chi connectivity index (χ1v) is 12.4. The Labute approximate surface area is 148 Å². The standard InChI is InChI=1S/C17H20O6SSi/c1-25(2,3)23-16(17(18)19)14-11-7-8-12-15(14)22-24(20,21)13-9-5-4-6-10-13/h4-12,16H,1-3H3,(H,18,19). The van der Waals surface area contributed by atoms with Crippen molar-refractivity contribution >= 4 is 24.4 Å². The highest BCUT2D eigenvalue weighted by molar-refractivity contribution is 7.87. The second kappa shape index (κ2) is 7.38. The van der Waals surface area contributed by atoms with E-state index in [1.165, 1.54) is 24.3 Å². The van der Waals surface area contributed by atoms with Gasteiger partial charge in [0.25, 0.3) is 0 Å². The van der Waals surface area contributed by atoms with Gasteiger partial charge in [-0.2, -0.15) is 8.42 Å². The lowest BCUT2D eigenvalue weighted by molar-refractivity contribution is -0.145. The summed E-state index contributed by atoms with van der Waals surface area (Å²) in [6, 6.07) is 13.8. The molecule has 1 N–H and O–H groups in total. The van der Waals surface area contributed by atoms with Crippen LogP contribution in [0.25, 0.3) is 0 Å². The zero-order valence-electron chi connectivity index (χ0n) is 14.2. The maximum absolute atomic E-state index is 12.4. The zero-order chi connectivity index (χ0) is 18.7. The van der Waals surface area contributed by atoms with Crippen molar-refractivity contribution in [3.8, 4) is 5.75 Å². The zero-order valence-corrected chi connectivity index (χ0v) is 16.0. The van der Waals surface area contributed by atoms with Crippen LogP contribution in [0.2, 0.25) is 19.6 Å². The highest BCUT2D eigenvalue weighted by Crippen LogP contribution is 2.32. The number of hydrogen-bond acceptors (Lipinski definition) is 5. The molecule has 2 aromatic rings. The first kappa shape index (κ1) is 19.2. The molecule has 1 unspecified atom stereocenters. The molecule has 2 rings (SSSR count). The summed E-state index contributed by atoms with van der Waals surface area (Å²) < 4.78 is 35.8. The minimum absolute atomic E-state index is 0.0113. The number of rotatable bonds is 7. The highest BCUT2D eigenvalue weighted by Gasteiger charge is 2.31. The Hall–Kier alpha value is -2.16. The van der Waals surface area contributed by atoms with Crippen LogP contribution in [0.1, 0.15) is 11.7 Å². The van der Waals surface area contributed by atoms with Crippen LogP contribution < -0.4 is 4.18 Å². The first-order valence-electron chi connectivity index (χ1n) is 7.59.